The molecule has 3 rings (SSSR count). The van der Waals surface area contributed by atoms with Crippen molar-refractivity contribution >= 4 is 17.4 Å². The van der Waals surface area contributed by atoms with Gasteiger partial charge in [-0.05, 0) is 32.3 Å². The van der Waals surface area contributed by atoms with Gasteiger partial charge in [0.2, 0.25) is 0 Å². The number of carbonyl (C=O) groups excluding carboxylic acids is 2. The van der Waals surface area contributed by atoms with E-state index in [1.54, 1.807) is 26.0 Å². The van der Waals surface area contributed by atoms with Gasteiger partial charge in [0.25, 0.3) is 5.69 Å². The van der Waals surface area contributed by atoms with Crippen molar-refractivity contribution in [3.63, 3.8) is 0 Å². The van der Waals surface area contributed by atoms with Gasteiger partial charge in [0.1, 0.15) is 0 Å². The van der Waals surface area contributed by atoms with Crippen LogP contribution in [0.15, 0.2) is 46.8 Å². The second-order valence-corrected chi connectivity index (χ2v) is 7.77. The Morgan fingerprint density at radius 3 is 2.54 bits per heavy atom. The highest BCUT2D eigenvalue weighted by Gasteiger charge is 2.45. The molecule has 1 unspecified atom stereocenters. The molecule has 28 heavy (non-hydrogen) atoms. The Morgan fingerprint density at radius 2 is 1.96 bits per heavy atom. The van der Waals surface area contributed by atoms with Crippen LogP contribution in [0.2, 0.25) is 0 Å². The number of Topliss-reactive ketones (excluding diaryl/α,β-unsaturated/α-hetero) is 1. The van der Waals surface area contributed by atoms with Gasteiger partial charge in [-0.3, -0.25) is 14.9 Å². The SMILES string of the molecule is CCOC(=O)C1=C(C)NC2=C(C(=O)C(C)(C)CC2)C1c1ccc([N+](=O)[O-])cc1. The van der Waals surface area contributed by atoms with Gasteiger partial charge < -0.3 is 10.1 Å². The Labute approximate surface area is 163 Å². The maximum atomic E-state index is 13.3. The van der Waals surface area contributed by atoms with E-state index in [0.717, 1.165) is 5.70 Å². The van der Waals surface area contributed by atoms with E-state index in [1.165, 1.54) is 12.1 Å². The van der Waals surface area contributed by atoms with Crippen LogP contribution in [-0.2, 0) is 14.3 Å². The lowest BCUT2D eigenvalue weighted by atomic mass is 9.67. The first-order valence-corrected chi connectivity index (χ1v) is 9.34. The highest BCUT2D eigenvalue weighted by atomic mass is 16.6. The van der Waals surface area contributed by atoms with Crippen LogP contribution in [-0.4, -0.2) is 23.3 Å². The second kappa shape index (κ2) is 7.22. The van der Waals surface area contributed by atoms with E-state index in [1.807, 2.05) is 13.8 Å². The lowest BCUT2D eigenvalue weighted by molar-refractivity contribution is -0.384. The smallest absolute Gasteiger partial charge is 0.336 e. The van der Waals surface area contributed by atoms with E-state index >= 15 is 0 Å². The summed E-state index contributed by atoms with van der Waals surface area (Å²) in [5, 5.41) is 14.2. The fourth-order valence-corrected chi connectivity index (χ4v) is 3.88. The normalized spacial score (nSPS) is 21.1. The van der Waals surface area contributed by atoms with E-state index in [9.17, 15) is 19.7 Å². The summed E-state index contributed by atoms with van der Waals surface area (Å²) in [4.78, 5) is 36.6. The summed E-state index contributed by atoms with van der Waals surface area (Å²) >= 11 is 0. The number of carbonyl (C=O) groups is 2. The maximum Gasteiger partial charge on any atom is 0.336 e. The number of nitrogens with zero attached hydrogens (tertiary/aromatic N) is 1. The zero-order valence-corrected chi connectivity index (χ0v) is 16.5. The number of rotatable bonds is 4. The molecule has 148 valence electrons. The Hall–Kier alpha value is -2.96. The minimum absolute atomic E-state index is 0.0149. The molecule has 0 fully saturated rings. The molecule has 7 heteroatoms. The van der Waals surface area contributed by atoms with Crippen molar-refractivity contribution < 1.29 is 19.2 Å². The maximum absolute atomic E-state index is 13.3. The first kappa shape index (κ1) is 19.8. The first-order chi connectivity index (χ1) is 13.2. The Morgan fingerprint density at radius 1 is 1.32 bits per heavy atom. The first-order valence-electron chi connectivity index (χ1n) is 9.34. The molecule has 1 N–H and O–H groups in total. The summed E-state index contributed by atoms with van der Waals surface area (Å²) in [7, 11) is 0. The standard InChI is InChI=1S/C21H24N2O5/c1-5-28-20(25)16-12(2)22-15-10-11-21(3,4)19(24)18(15)17(16)13-6-8-14(9-7-13)23(26)27/h6-9,17,22H,5,10-11H2,1-4H3. The number of nitrogens with one attached hydrogen (secondary N) is 1. The summed E-state index contributed by atoms with van der Waals surface area (Å²) in [6.07, 6.45) is 1.41. The van der Waals surface area contributed by atoms with Crippen molar-refractivity contribution in [2.24, 2.45) is 5.41 Å². The number of dihydropyridines is 1. The molecular weight excluding hydrogens is 360 g/mol. The molecule has 0 amide bonds. The summed E-state index contributed by atoms with van der Waals surface area (Å²) < 4.78 is 5.25. The van der Waals surface area contributed by atoms with E-state index < -0.39 is 22.2 Å². The van der Waals surface area contributed by atoms with Crippen LogP contribution in [0.4, 0.5) is 5.69 Å². The van der Waals surface area contributed by atoms with Crippen LogP contribution < -0.4 is 5.32 Å². The third-order valence-corrected chi connectivity index (χ3v) is 5.44. The van der Waals surface area contributed by atoms with Crippen molar-refractivity contribution in [1.29, 1.82) is 0 Å². The molecule has 2 aliphatic rings. The average Bonchev–Trinajstić information content (AvgIpc) is 2.64. The van der Waals surface area contributed by atoms with E-state index in [2.05, 4.69) is 5.32 Å². The number of nitro benzene ring substituents is 1. The highest BCUT2D eigenvalue weighted by molar-refractivity contribution is 6.06. The molecule has 1 aliphatic heterocycles. The molecular formula is C21H24N2O5. The van der Waals surface area contributed by atoms with Crippen molar-refractivity contribution in [3.05, 3.63) is 62.5 Å². The number of hydrogen-bond donors (Lipinski definition) is 1. The Balaban J connectivity index is 2.18. The minimum Gasteiger partial charge on any atom is -0.463 e. The Kier molecular flexibility index (Phi) is 5.10. The van der Waals surface area contributed by atoms with Crippen molar-refractivity contribution in [2.45, 2.75) is 46.5 Å². The van der Waals surface area contributed by atoms with Gasteiger partial charge in [-0.2, -0.15) is 0 Å². The van der Waals surface area contributed by atoms with Crippen LogP contribution in [0, 0.1) is 15.5 Å². The zero-order valence-electron chi connectivity index (χ0n) is 16.5. The summed E-state index contributed by atoms with van der Waals surface area (Å²) in [6, 6.07) is 6.02. The molecule has 0 bridgehead atoms. The van der Waals surface area contributed by atoms with Gasteiger partial charge in [-0.1, -0.05) is 26.0 Å². The van der Waals surface area contributed by atoms with Crippen LogP contribution in [0.5, 0.6) is 0 Å². The molecule has 0 radical (unpaired) electrons. The van der Waals surface area contributed by atoms with Gasteiger partial charge >= 0.3 is 5.97 Å². The fourth-order valence-electron chi connectivity index (χ4n) is 3.88. The lowest BCUT2D eigenvalue weighted by Crippen LogP contribution is -2.40. The van der Waals surface area contributed by atoms with Gasteiger partial charge in [0, 0.05) is 40.4 Å². The van der Waals surface area contributed by atoms with Gasteiger partial charge in [0.05, 0.1) is 17.1 Å². The molecule has 0 saturated carbocycles. The van der Waals surface area contributed by atoms with Crippen LogP contribution in [0.1, 0.15) is 52.0 Å². The number of hydrogen-bond acceptors (Lipinski definition) is 6. The molecule has 1 aromatic carbocycles. The third kappa shape index (κ3) is 3.32. The van der Waals surface area contributed by atoms with Crippen molar-refractivity contribution in [2.75, 3.05) is 6.61 Å². The van der Waals surface area contributed by atoms with Crippen molar-refractivity contribution in [1.82, 2.24) is 5.32 Å². The predicted octanol–water partition coefficient (Wildman–Crippen LogP) is 3.76. The van der Waals surface area contributed by atoms with E-state index in [-0.39, 0.29) is 18.1 Å². The number of nitro groups is 1. The molecule has 0 saturated heterocycles. The quantitative estimate of drug-likeness (QED) is 0.482. The van der Waals surface area contributed by atoms with Crippen molar-refractivity contribution in [3.8, 4) is 0 Å². The molecule has 7 nitrogen and oxygen atoms in total. The second-order valence-electron chi connectivity index (χ2n) is 7.77. The number of benzene rings is 1. The van der Waals surface area contributed by atoms with Gasteiger partial charge in [-0.15, -0.1) is 0 Å². The summed E-state index contributed by atoms with van der Waals surface area (Å²) in [5.41, 5.74) is 2.48. The largest absolute Gasteiger partial charge is 0.463 e. The number of ketones is 1. The van der Waals surface area contributed by atoms with E-state index in [0.29, 0.717) is 35.2 Å². The third-order valence-electron chi connectivity index (χ3n) is 5.44. The molecule has 1 heterocycles. The number of ether oxygens (including phenoxy) is 1. The zero-order chi connectivity index (χ0) is 20.6. The molecule has 1 aliphatic carbocycles. The molecule has 0 aromatic heterocycles. The number of non-ortho nitro benzene ring substituents is 1. The highest BCUT2D eigenvalue weighted by Crippen LogP contribution is 2.47. The molecule has 1 aromatic rings. The Bertz CT molecular complexity index is 909. The summed E-state index contributed by atoms with van der Waals surface area (Å²) in [6.45, 7) is 7.54. The van der Waals surface area contributed by atoms with Gasteiger partial charge in [0.15, 0.2) is 5.78 Å². The average molecular weight is 384 g/mol. The molecule has 0 spiro atoms. The minimum atomic E-state index is -0.608. The number of allylic oxidation sites excluding steroid dienone is 3. The monoisotopic (exact) mass is 384 g/mol. The molecule has 1 atom stereocenters. The lowest BCUT2D eigenvalue weighted by Gasteiger charge is -2.39. The summed E-state index contributed by atoms with van der Waals surface area (Å²) in [5.74, 6) is -1.11. The fraction of sp³-hybridized carbons (Fsp3) is 0.429. The van der Waals surface area contributed by atoms with E-state index in [4.69, 9.17) is 4.74 Å². The van der Waals surface area contributed by atoms with Gasteiger partial charge in [-0.25, -0.2) is 4.79 Å². The van der Waals surface area contributed by atoms with Crippen LogP contribution in [0.3, 0.4) is 0 Å². The van der Waals surface area contributed by atoms with Crippen LogP contribution >= 0.6 is 0 Å². The predicted molar refractivity (Wildman–Crippen MR) is 103 cm³/mol. The van der Waals surface area contributed by atoms with Crippen LogP contribution in [0.25, 0.3) is 0 Å². The number of esters is 1. The topological polar surface area (TPSA) is 98.5 Å².